The van der Waals surface area contributed by atoms with Crippen molar-refractivity contribution >= 4 is 11.9 Å². The quantitative estimate of drug-likeness (QED) is 0.0571. The third-order valence-corrected chi connectivity index (χ3v) is 11.7. The molecule has 304 valence electrons. The number of benzene rings is 2. The predicted octanol–water partition coefficient (Wildman–Crippen LogP) is 13.3. The minimum absolute atomic E-state index is 0.0390. The zero-order chi connectivity index (χ0) is 38.9. The Morgan fingerprint density at radius 3 is 1.44 bits per heavy atom. The number of allylic oxidation sites excluding steroid dienone is 2. The molecule has 0 spiro atoms. The highest BCUT2D eigenvalue weighted by atomic mass is 16.6. The van der Waals surface area contributed by atoms with E-state index >= 15 is 0 Å². The Bertz CT molecular complexity index is 1380. The summed E-state index contributed by atoms with van der Waals surface area (Å²) in [6.45, 7) is 7.24. The van der Waals surface area contributed by atoms with Gasteiger partial charge in [-0.3, -0.25) is 0 Å². The van der Waals surface area contributed by atoms with Crippen LogP contribution in [0.1, 0.15) is 170 Å². The molecular weight excluding hydrogens is 685 g/mol. The molecule has 0 N–H and O–H groups in total. The maximum atomic E-state index is 12.7. The molecule has 0 amide bonds. The van der Waals surface area contributed by atoms with Crippen LogP contribution >= 0.6 is 0 Å². The van der Waals surface area contributed by atoms with E-state index in [2.05, 4.69) is 38.2 Å². The van der Waals surface area contributed by atoms with Crippen molar-refractivity contribution in [3.8, 4) is 11.5 Å². The summed E-state index contributed by atoms with van der Waals surface area (Å²) < 4.78 is 22.7. The zero-order valence-corrected chi connectivity index (χ0v) is 34.5. The van der Waals surface area contributed by atoms with E-state index in [4.69, 9.17) is 18.9 Å². The minimum atomic E-state index is -0.599. The van der Waals surface area contributed by atoms with Gasteiger partial charge < -0.3 is 18.9 Å². The number of hydrogen-bond donors (Lipinski definition) is 0. The normalized spacial score (nSPS) is 20.7. The maximum Gasteiger partial charge on any atom is 0.338 e. The van der Waals surface area contributed by atoms with Crippen LogP contribution < -0.4 is 9.47 Å². The van der Waals surface area contributed by atoms with Crippen molar-refractivity contribution in [2.75, 3.05) is 19.8 Å². The monoisotopic (exact) mass is 757 g/mol. The van der Waals surface area contributed by atoms with Gasteiger partial charge in [-0.1, -0.05) is 115 Å². The molecule has 2 fully saturated rings. The molecule has 2 aromatic carbocycles. The summed E-state index contributed by atoms with van der Waals surface area (Å²) in [7, 11) is 0. The van der Waals surface area contributed by atoms with Crippen molar-refractivity contribution in [2.24, 2.45) is 23.7 Å². The molecule has 4 rings (SSSR count). The average molecular weight is 757 g/mol. The second kappa shape index (κ2) is 26.3. The lowest BCUT2D eigenvalue weighted by Crippen LogP contribution is -2.22. The molecule has 0 bridgehead atoms. The molecule has 2 saturated carbocycles. The lowest BCUT2D eigenvalue weighted by Gasteiger charge is -2.26. The number of carbonyl (C=O) groups is 2. The van der Waals surface area contributed by atoms with Crippen molar-refractivity contribution < 1.29 is 28.5 Å². The van der Waals surface area contributed by atoms with Crippen LogP contribution in [0.5, 0.6) is 11.5 Å². The first kappa shape index (κ1) is 44.2. The van der Waals surface area contributed by atoms with E-state index in [0.717, 1.165) is 11.8 Å². The number of rotatable bonds is 25. The molecule has 0 aliphatic heterocycles. The highest BCUT2D eigenvalue weighted by Gasteiger charge is 2.20. The topological polar surface area (TPSA) is 71.1 Å². The molecule has 0 radical (unpaired) electrons. The zero-order valence-electron chi connectivity index (χ0n) is 34.5. The summed E-state index contributed by atoms with van der Waals surface area (Å²) in [6, 6.07) is 13.9. The van der Waals surface area contributed by atoms with E-state index in [0.29, 0.717) is 47.7 Å². The molecule has 6 nitrogen and oxygen atoms in total. The molecule has 1 atom stereocenters. The van der Waals surface area contributed by atoms with Gasteiger partial charge >= 0.3 is 11.9 Å². The van der Waals surface area contributed by atoms with Gasteiger partial charge in [0.15, 0.2) is 0 Å². The van der Waals surface area contributed by atoms with Crippen LogP contribution in [0.15, 0.2) is 72.8 Å². The predicted molar refractivity (Wildman–Crippen MR) is 225 cm³/mol. The lowest BCUT2D eigenvalue weighted by molar-refractivity contribution is 0.00447. The van der Waals surface area contributed by atoms with Gasteiger partial charge in [0.1, 0.15) is 37.4 Å². The van der Waals surface area contributed by atoms with Gasteiger partial charge in [-0.25, -0.2) is 9.59 Å². The van der Waals surface area contributed by atoms with E-state index in [1.165, 1.54) is 128 Å². The Labute approximate surface area is 333 Å². The van der Waals surface area contributed by atoms with Crippen LogP contribution in [0.2, 0.25) is 0 Å². The van der Waals surface area contributed by atoms with Gasteiger partial charge in [0, 0.05) is 0 Å². The lowest BCUT2D eigenvalue weighted by atomic mass is 9.79. The fourth-order valence-corrected chi connectivity index (χ4v) is 8.13. The van der Waals surface area contributed by atoms with E-state index in [-0.39, 0.29) is 6.61 Å². The molecule has 0 aromatic heterocycles. The summed E-state index contributed by atoms with van der Waals surface area (Å²) in [5, 5.41) is 0. The third-order valence-electron chi connectivity index (χ3n) is 11.7. The Morgan fingerprint density at radius 2 is 1.00 bits per heavy atom. The van der Waals surface area contributed by atoms with Gasteiger partial charge in [-0.15, -0.1) is 0 Å². The molecule has 55 heavy (non-hydrogen) atoms. The number of ether oxygens (including phenoxy) is 4. The second-order valence-corrected chi connectivity index (χ2v) is 16.3. The van der Waals surface area contributed by atoms with Gasteiger partial charge in [0.05, 0.1) is 11.1 Å². The number of hydrogen-bond acceptors (Lipinski definition) is 6. The number of esters is 2. The number of unbranched alkanes of at least 4 members (excludes halogenated alkanes) is 8. The van der Waals surface area contributed by atoms with Crippen molar-refractivity contribution in [2.45, 2.75) is 155 Å². The standard InChI is InChI=1S/C49H72O6/c1-4-6-8-10-12-16-40-20-24-42(25-21-40)18-14-36-52-46-32-28-44(29-33-46)48(50)54-38-39(3)55-49(51)45-30-34-47(35-31-45)53-37-15-19-43-26-22-41(23-27-43)17-13-11-9-7-5-2/h14-15,18-19,28-35,39-43H,4-13,16-17,20-27,36-38H2,1-3H3. The summed E-state index contributed by atoms with van der Waals surface area (Å²) in [6.07, 6.45) is 35.4. The Kier molecular flexibility index (Phi) is 21.2. The summed E-state index contributed by atoms with van der Waals surface area (Å²) in [4.78, 5) is 25.4. The van der Waals surface area contributed by atoms with Crippen molar-refractivity contribution in [3.05, 3.63) is 84.0 Å². The minimum Gasteiger partial charge on any atom is -0.490 e. The highest BCUT2D eigenvalue weighted by Crippen LogP contribution is 2.34. The smallest absolute Gasteiger partial charge is 0.338 e. The Morgan fingerprint density at radius 1 is 0.582 bits per heavy atom. The molecule has 2 aromatic rings. The van der Waals surface area contributed by atoms with Crippen LogP contribution in [-0.2, 0) is 9.47 Å². The summed E-state index contributed by atoms with van der Waals surface area (Å²) in [5.41, 5.74) is 0.842. The van der Waals surface area contributed by atoms with Crippen molar-refractivity contribution in [1.29, 1.82) is 0 Å². The summed E-state index contributed by atoms with van der Waals surface area (Å²) >= 11 is 0. The van der Waals surface area contributed by atoms with E-state index in [1.807, 2.05) is 0 Å². The van der Waals surface area contributed by atoms with Crippen LogP contribution in [0.4, 0.5) is 0 Å². The van der Waals surface area contributed by atoms with Crippen molar-refractivity contribution in [1.82, 2.24) is 0 Å². The largest absolute Gasteiger partial charge is 0.490 e. The molecule has 2 aliphatic carbocycles. The fraction of sp³-hybridized carbons (Fsp3) is 0.633. The maximum absolute atomic E-state index is 12.7. The average Bonchev–Trinajstić information content (AvgIpc) is 3.21. The van der Waals surface area contributed by atoms with Crippen LogP contribution in [-0.4, -0.2) is 37.9 Å². The first-order valence-electron chi connectivity index (χ1n) is 22.1. The molecule has 6 heteroatoms. The Balaban J connectivity index is 1.04. The van der Waals surface area contributed by atoms with Gasteiger partial charge in [0.2, 0.25) is 0 Å². The number of carbonyl (C=O) groups excluding carboxylic acids is 2. The molecule has 0 heterocycles. The van der Waals surface area contributed by atoms with E-state index in [1.54, 1.807) is 55.5 Å². The second-order valence-electron chi connectivity index (χ2n) is 16.3. The van der Waals surface area contributed by atoms with Gasteiger partial charge in [-0.2, -0.15) is 0 Å². The van der Waals surface area contributed by atoms with E-state index < -0.39 is 18.0 Å². The van der Waals surface area contributed by atoms with Crippen LogP contribution in [0.25, 0.3) is 0 Å². The third kappa shape index (κ3) is 17.9. The molecular formula is C49H72O6. The van der Waals surface area contributed by atoms with Gasteiger partial charge in [0.25, 0.3) is 0 Å². The van der Waals surface area contributed by atoms with Crippen molar-refractivity contribution in [3.63, 3.8) is 0 Å². The van der Waals surface area contributed by atoms with E-state index in [9.17, 15) is 9.59 Å². The fourth-order valence-electron chi connectivity index (χ4n) is 8.13. The molecule has 0 saturated heterocycles. The SMILES string of the molecule is CCCCCCCC1CCC(C=CCOc2ccc(C(=O)OCC(C)OC(=O)c3ccc(OCC=CC4CCC(CCCCCCC)CC4)cc3)cc2)CC1. The van der Waals surface area contributed by atoms with Gasteiger partial charge in [-0.05, 0) is 130 Å². The van der Waals surface area contributed by atoms with Crippen LogP contribution in [0.3, 0.4) is 0 Å². The Hall–Kier alpha value is -3.54. The first-order chi connectivity index (χ1) is 26.9. The molecule has 2 aliphatic rings. The highest BCUT2D eigenvalue weighted by molar-refractivity contribution is 5.90. The van der Waals surface area contributed by atoms with Crippen LogP contribution in [0, 0.1) is 23.7 Å². The summed E-state index contributed by atoms with van der Waals surface area (Å²) in [5.74, 6) is 3.63. The first-order valence-corrected chi connectivity index (χ1v) is 22.1. The molecule has 1 unspecified atom stereocenters.